The van der Waals surface area contributed by atoms with Gasteiger partial charge in [0, 0.05) is 22.6 Å². The summed E-state index contributed by atoms with van der Waals surface area (Å²) < 4.78 is 38.2. The standard InChI is InChI=1S/C13H16BrF3N2O/c1-7(2)11(6-18)19-12(20)8-3-4-10(14)9(5-8)13(15,16)17/h3-5,7,11H,6,18H2,1-2H3,(H,19,20). The second kappa shape index (κ2) is 6.58. The summed E-state index contributed by atoms with van der Waals surface area (Å²) in [6, 6.07) is 3.10. The summed E-state index contributed by atoms with van der Waals surface area (Å²) in [5.41, 5.74) is 4.60. The van der Waals surface area contributed by atoms with Crippen molar-refractivity contribution in [2.75, 3.05) is 6.54 Å². The van der Waals surface area contributed by atoms with E-state index in [1.807, 2.05) is 13.8 Å². The molecular weight excluding hydrogens is 337 g/mol. The molecule has 7 heteroatoms. The molecule has 0 aliphatic rings. The zero-order chi connectivity index (χ0) is 15.5. The van der Waals surface area contributed by atoms with Crippen LogP contribution in [0.1, 0.15) is 29.8 Å². The first-order valence-electron chi connectivity index (χ1n) is 6.04. The van der Waals surface area contributed by atoms with Crippen molar-refractivity contribution in [3.8, 4) is 0 Å². The van der Waals surface area contributed by atoms with Crippen LogP contribution >= 0.6 is 15.9 Å². The number of alkyl halides is 3. The van der Waals surface area contributed by atoms with E-state index in [1.165, 1.54) is 12.1 Å². The van der Waals surface area contributed by atoms with Crippen LogP contribution in [0.2, 0.25) is 0 Å². The van der Waals surface area contributed by atoms with Gasteiger partial charge >= 0.3 is 6.18 Å². The third-order valence-electron chi connectivity index (χ3n) is 2.91. The van der Waals surface area contributed by atoms with Crippen LogP contribution in [0.5, 0.6) is 0 Å². The lowest BCUT2D eigenvalue weighted by molar-refractivity contribution is -0.138. The van der Waals surface area contributed by atoms with E-state index in [2.05, 4.69) is 21.2 Å². The molecule has 3 nitrogen and oxygen atoms in total. The molecule has 1 unspecified atom stereocenters. The fraction of sp³-hybridized carbons (Fsp3) is 0.462. The maximum Gasteiger partial charge on any atom is 0.417 e. The van der Waals surface area contributed by atoms with Crippen molar-refractivity contribution in [3.63, 3.8) is 0 Å². The molecule has 3 N–H and O–H groups in total. The molecule has 0 aliphatic heterocycles. The molecule has 1 aromatic carbocycles. The zero-order valence-electron chi connectivity index (χ0n) is 11.1. The van der Waals surface area contributed by atoms with Crippen molar-refractivity contribution < 1.29 is 18.0 Å². The van der Waals surface area contributed by atoms with Gasteiger partial charge in [-0.1, -0.05) is 29.8 Å². The highest BCUT2D eigenvalue weighted by Crippen LogP contribution is 2.35. The average molecular weight is 353 g/mol. The van der Waals surface area contributed by atoms with Crippen molar-refractivity contribution >= 4 is 21.8 Å². The third-order valence-corrected chi connectivity index (χ3v) is 3.60. The van der Waals surface area contributed by atoms with Gasteiger partial charge in [-0.2, -0.15) is 13.2 Å². The van der Waals surface area contributed by atoms with Gasteiger partial charge in [0.25, 0.3) is 5.91 Å². The molecule has 0 heterocycles. The minimum atomic E-state index is -4.51. The molecule has 0 bridgehead atoms. The van der Waals surface area contributed by atoms with Gasteiger partial charge in [-0.25, -0.2) is 0 Å². The molecule has 112 valence electrons. The van der Waals surface area contributed by atoms with E-state index in [1.54, 1.807) is 0 Å². The van der Waals surface area contributed by atoms with Crippen LogP contribution in [0, 0.1) is 5.92 Å². The van der Waals surface area contributed by atoms with Crippen LogP contribution in [-0.4, -0.2) is 18.5 Å². The van der Waals surface area contributed by atoms with Gasteiger partial charge in [-0.3, -0.25) is 4.79 Å². The summed E-state index contributed by atoms with van der Waals surface area (Å²) in [5.74, 6) is -0.464. The summed E-state index contributed by atoms with van der Waals surface area (Å²) in [4.78, 5) is 12.0. The van der Waals surface area contributed by atoms with Crippen LogP contribution in [0.3, 0.4) is 0 Å². The minimum absolute atomic E-state index is 0.0420. The van der Waals surface area contributed by atoms with E-state index in [0.717, 1.165) is 6.07 Å². The molecular formula is C13H16BrF3N2O. The lowest BCUT2D eigenvalue weighted by Gasteiger charge is -2.21. The van der Waals surface area contributed by atoms with Gasteiger partial charge in [-0.15, -0.1) is 0 Å². The molecule has 0 aliphatic carbocycles. The van der Waals surface area contributed by atoms with Crippen LogP contribution in [0.4, 0.5) is 13.2 Å². The van der Waals surface area contributed by atoms with Gasteiger partial charge in [0.15, 0.2) is 0 Å². The van der Waals surface area contributed by atoms with Crippen LogP contribution in [-0.2, 0) is 6.18 Å². The van der Waals surface area contributed by atoms with Crippen molar-refractivity contribution in [1.29, 1.82) is 0 Å². The fourth-order valence-electron chi connectivity index (χ4n) is 1.63. The second-order valence-corrected chi connectivity index (χ2v) is 5.61. The average Bonchev–Trinajstić information content (AvgIpc) is 2.34. The minimum Gasteiger partial charge on any atom is -0.348 e. The molecule has 0 radical (unpaired) electrons. The smallest absolute Gasteiger partial charge is 0.348 e. The molecule has 0 saturated carbocycles. The molecule has 0 aromatic heterocycles. The molecule has 0 spiro atoms. The lowest BCUT2D eigenvalue weighted by atomic mass is 10.0. The maximum atomic E-state index is 12.8. The SMILES string of the molecule is CC(C)C(CN)NC(=O)c1ccc(Br)c(C(F)(F)F)c1. The Hall–Kier alpha value is -1.08. The highest BCUT2D eigenvalue weighted by molar-refractivity contribution is 9.10. The van der Waals surface area contributed by atoms with Crippen LogP contribution in [0.25, 0.3) is 0 Å². The number of nitrogens with one attached hydrogen (secondary N) is 1. The Labute approximate surface area is 123 Å². The van der Waals surface area contributed by atoms with Crippen LogP contribution < -0.4 is 11.1 Å². The Bertz CT molecular complexity index is 489. The number of hydrogen-bond donors (Lipinski definition) is 2. The predicted octanol–water partition coefficient (Wildman–Crippen LogP) is 3.18. The highest BCUT2D eigenvalue weighted by Gasteiger charge is 2.33. The number of benzene rings is 1. The first kappa shape index (κ1) is 17.0. The Morgan fingerprint density at radius 3 is 2.45 bits per heavy atom. The van der Waals surface area contributed by atoms with E-state index in [0.29, 0.717) is 0 Å². The summed E-state index contributed by atoms with van der Waals surface area (Å²) in [6.07, 6.45) is -4.51. The van der Waals surface area contributed by atoms with Gasteiger partial charge in [-0.05, 0) is 24.1 Å². The molecule has 1 aromatic rings. The fourth-order valence-corrected chi connectivity index (χ4v) is 2.10. The van der Waals surface area contributed by atoms with E-state index >= 15 is 0 Å². The zero-order valence-corrected chi connectivity index (χ0v) is 12.7. The van der Waals surface area contributed by atoms with Crippen molar-refractivity contribution in [2.45, 2.75) is 26.1 Å². The lowest BCUT2D eigenvalue weighted by Crippen LogP contribution is -2.43. The summed E-state index contributed by atoms with van der Waals surface area (Å²) >= 11 is 2.83. The normalized spacial score (nSPS) is 13.4. The van der Waals surface area contributed by atoms with Gasteiger partial charge in [0.2, 0.25) is 0 Å². The van der Waals surface area contributed by atoms with Gasteiger partial charge < -0.3 is 11.1 Å². The third kappa shape index (κ3) is 4.21. The largest absolute Gasteiger partial charge is 0.417 e. The second-order valence-electron chi connectivity index (χ2n) is 4.75. The monoisotopic (exact) mass is 352 g/mol. The van der Waals surface area contributed by atoms with Crippen molar-refractivity contribution in [1.82, 2.24) is 5.32 Å². The van der Waals surface area contributed by atoms with Gasteiger partial charge in [0.05, 0.1) is 5.56 Å². The Kier molecular flexibility index (Phi) is 5.59. The van der Waals surface area contributed by atoms with Crippen LogP contribution in [0.15, 0.2) is 22.7 Å². The number of halogens is 4. The number of amides is 1. The van der Waals surface area contributed by atoms with E-state index in [-0.39, 0.29) is 28.5 Å². The number of carbonyl (C=O) groups is 1. The Morgan fingerprint density at radius 1 is 1.40 bits per heavy atom. The quantitative estimate of drug-likeness (QED) is 0.874. The number of rotatable bonds is 4. The summed E-state index contributed by atoms with van der Waals surface area (Å²) in [6.45, 7) is 3.98. The summed E-state index contributed by atoms with van der Waals surface area (Å²) in [5, 5.41) is 2.63. The molecule has 0 saturated heterocycles. The maximum absolute atomic E-state index is 12.8. The summed E-state index contributed by atoms with van der Waals surface area (Å²) in [7, 11) is 0. The van der Waals surface area contributed by atoms with E-state index < -0.39 is 17.6 Å². The molecule has 1 rings (SSSR count). The number of hydrogen-bond acceptors (Lipinski definition) is 2. The molecule has 1 amide bonds. The molecule has 20 heavy (non-hydrogen) atoms. The topological polar surface area (TPSA) is 55.1 Å². The number of nitrogens with two attached hydrogens (primary N) is 1. The molecule has 0 fully saturated rings. The van der Waals surface area contributed by atoms with Crippen molar-refractivity contribution in [3.05, 3.63) is 33.8 Å². The Morgan fingerprint density at radius 2 is 2.00 bits per heavy atom. The van der Waals surface area contributed by atoms with E-state index in [4.69, 9.17) is 5.73 Å². The first-order chi connectivity index (χ1) is 9.16. The highest BCUT2D eigenvalue weighted by atomic mass is 79.9. The predicted molar refractivity (Wildman–Crippen MR) is 74.3 cm³/mol. The number of carbonyl (C=O) groups excluding carboxylic acids is 1. The Balaban J connectivity index is 3.00. The molecule has 1 atom stereocenters. The van der Waals surface area contributed by atoms with Crippen molar-refractivity contribution in [2.24, 2.45) is 11.7 Å². The van der Waals surface area contributed by atoms with Gasteiger partial charge in [0.1, 0.15) is 0 Å². The first-order valence-corrected chi connectivity index (χ1v) is 6.83. The van der Waals surface area contributed by atoms with E-state index in [9.17, 15) is 18.0 Å².